The van der Waals surface area contributed by atoms with Gasteiger partial charge in [-0.25, -0.2) is 9.78 Å². The maximum absolute atomic E-state index is 12.1. The van der Waals surface area contributed by atoms with Crippen molar-refractivity contribution in [1.82, 2.24) is 19.8 Å². The normalized spacial score (nSPS) is 12.3. The monoisotopic (exact) mass is 442 g/mol. The van der Waals surface area contributed by atoms with Crippen LogP contribution >= 0.6 is 11.6 Å². The molecule has 0 aliphatic carbocycles. The van der Waals surface area contributed by atoms with Crippen LogP contribution < -0.4 is 5.32 Å². The number of nitrogens with one attached hydrogen (secondary N) is 1. The summed E-state index contributed by atoms with van der Waals surface area (Å²) in [5, 5.41) is 3.61. The highest BCUT2D eigenvalue weighted by Gasteiger charge is 2.12. The van der Waals surface area contributed by atoms with Gasteiger partial charge < -0.3 is 19.5 Å². The van der Waals surface area contributed by atoms with Gasteiger partial charge in [-0.05, 0) is 57.5 Å². The minimum absolute atomic E-state index is 0.00846. The SMILES string of the molecule is Cc1cccc(CCN(C)CC(C)NC(=O)OCCn2cnc3cc(C)c(Cl)cc32)c1. The number of nitrogens with zero attached hydrogens (tertiary/aromatic N) is 3. The molecule has 1 amide bonds. The van der Waals surface area contributed by atoms with Crippen LogP contribution in [-0.4, -0.2) is 53.3 Å². The number of alkyl carbamates (subject to hydrolysis) is 1. The number of ether oxygens (including phenoxy) is 1. The molecular weight excluding hydrogens is 412 g/mol. The van der Waals surface area contributed by atoms with Crippen molar-refractivity contribution in [1.29, 1.82) is 0 Å². The molecule has 1 atom stereocenters. The van der Waals surface area contributed by atoms with E-state index in [2.05, 4.69) is 53.4 Å². The smallest absolute Gasteiger partial charge is 0.407 e. The van der Waals surface area contributed by atoms with Gasteiger partial charge in [0.15, 0.2) is 0 Å². The molecule has 0 saturated carbocycles. The van der Waals surface area contributed by atoms with Gasteiger partial charge in [-0.2, -0.15) is 0 Å². The highest BCUT2D eigenvalue weighted by molar-refractivity contribution is 6.32. The van der Waals surface area contributed by atoms with Crippen LogP contribution in [0.3, 0.4) is 0 Å². The molecule has 0 aliphatic rings. The zero-order valence-electron chi connectivity index (χ0n) is 18.7. The zero-order valence-corrected chi connectivity index (χ0v) is 19.4. The number of benzene rings is 2. The lowest BCUT2D eigenvalue weighted by atomic mass is 10.1. The minimum Gasteiger partial charge on any atom is -0.448 e. The second-order valence-corrected chi connectivity index (χ2v) is 8.62. The largest absolute Gasteiger partial charge is 0.448 e. The summed E-state index contributed by atoms with van der Waals surface area (Å²) >= 11 is 6.22. The fourth-order valence-corrected chi connectivity index (χ4v) is 3.79. The van der Waals surface area contributed by atoms with Gasteiger partial charge in [0.1, 0.15) is 6.61 Å². The van der Waals surface area contributed by atoms with E-state index in [1.165, 1.54) is 11.1 Å². The van der Waals surface area contributed by atoms with Crippen LogP contribution in [0.15, 0.2) is 42.7 Å². The van der Waals surface area contributed by atoms with Gasteiger partial charge >= 0.3 is 6.09 Å². The molecule has 2 aromatic carbocycles. The quantitative estimate of drug-likeness (QED) is 0.526. The number of rotatable bonds is 9. The maximum Gasteiger partial charge on any atom is 0.407 e. The molecule has 31 heavy (non-hydrogen) atoms. The maximum atomic E-state index is 12.1. The summed E-state index contributed by atoms with van der Waals surface area (Å²) in [6.45, 7) is 8.52. The average Bonchev–Trinajstić information content (AvgIpc) is 3.08. The van der Waals surface area contributed by atoms with Crippen molar-refractivity contribution >= 4 is 28.7 Å². The number of amides is 1. The molecule has 0 saturated heterocycles. The Balaban J connectivity index is 1.38. The van der Waals surface area contributed by atoms with Gasteiger partial charge in [0.05, 0.1) is 23.9 Å². The number of carbonyl (C=O) groups is 1. The van der Waals surface area contributed by atoms with E-state index in [0.29, 0.717) is 11.6 Å². The van der Waals surface area contributed by atoms with Crippen LogP contribution in [0.25, 0.3) is 11.0 Å². The second-order valence-electron chi connectivity index (χ2n) is 8.21. The molecule has 1 heterocycles. The molecule has 6 nitrogen and oxygen atoms in total. The Morgan fingerprint density at radius 2 is 2.10 bits per heavy atom. The van der Waals surface area contributed by atoms with Gasteiger partial charge in [-0.15, -0.1) is 0 Å². The van der Waals surface area contributed by atoms with E-state index in [0.717, 1.165) is 36.1 Å². The predicted molar refractivity (Wildman–Crippen MR) is 126 cm³/mol. The Morgan fingerprint density at radius 1 is 1.29 bits per heavy atom. The predicted octanol–water partition coefficient (Wildman–Crippen LogP) is 4.60. The van der Waals surface area contributed by atoms with Crippen LogP contribution in [0.4, 0.5) is 4.79 Å². The first-order valence-electron chi connectivity index (χ1n) is 10.6. The summed E-state index contributed by atoms with van der Waals surface area (Å²) in [6, 6.07) is 12.4. The van der Waals surface area contributed by atoms with E-state index >= 15 is 0 Å². The summed E-state index contributed by atoms with van der Waals surface area (Å²) in [4.78, 5) is 18.7. The Labute approximate surface area is 189 Å². The minimum atomic E-state index is -0.405. The van der Waals surface area contributed by atoms with Crippen LogP contribution in [0, 0.1) is 13.8 Å². The number of likely N-dealkylation sites (N-methyl/N-ethyl adjacent to an activating group) is 1. The summed E-state index contributed by atoms with van der Waals surface area (Å²) in [7, 11) is 2.07. The molecule has 3 aromatic rings. The lowest BCUT2D eigenvalue weighted by Gasteiger charge is -2.22. The molecule has 0 spiro atoms. The van der Waals surface area contributed by atoms with Gasteiger partial charge in [0, 0.05) is 24.2 Å². The average molecular weight is 443 g/mol. The van der Waals surface area contributed by atoms with Crippen molar-refractivity contribution in [2.45, 2.75) is 39.8 Å². The van der Waals surface area contributed by atoms with Crippen LogP contribution in [0.1, 0.15) is 23.6 Å². The van der Waals surface area contributed by atoms with Gasteiger partial charge in [-0.3, -0.25) is 0 Å². The first kappa shape index (κ1) is 23.1. The molecule has 1 unspecified atom stereocenters. The third kappa shape index (κ3) is 6.71. The Kier molecular flexibility index (Phi) is 7.93. The molecular formula is C24H31ClN4O2. The fourth-order valence-electron chi connectivity index (χ4n) is 3.63. The van der Waals surface area contributed by atoms with Gasteiger partial charge in [0.25, 0.3) is 0 Å². The Hall–Kier alpha value is -2.57. The first-order chi connectivity index (χ1) is 14.8. The summed E-state index contributed by atoms with van der Waals surface area (Å²) in [5.41, 5.74) is 5.42. The van der Waals surface area contributed by atoms with Crippen molar-refractivity contribution < 1.29 is 9.53 Å². The number of fused-ring (bicyclic) bond motifs is 1. The fraction of sp³-hybridized carbons (Fsp3) is 0.417. The summed E-state index contributed by atoms with van der Waals surface area (Å²) in [5.74, 6) is 0. The highest BCUT2D eigenvalue weighted by atomic mass is 35.5. The third-order valence-electron chi connectivity index (χ3n) is 5.28. The number of imidazole rings is 1. The summed E-state index contributed by atoms with van der Waals surface area (Å²) < 4.78 is 7.30. The summed E-state index contributed by atoms with van der Waals surface area (Å²) in [6.07, 6.45) is 2.32. The van der Waals surface area contributed by atoms with Crippen LogP contribution in [0.5, 0.6) is 0 Å². The van der Waals surface area contributed by atoms with E-state index in [9.17, 15) is 4.79 Å². The molecule has 166 valence electrons. The zero-order chi connectivity index (χ0) is 22.4. The molecule has 1 aromatic heterocycles. The lowest BCUT2D eigenvalue weighted by molar-refractivity contribution is 0.136. The molecule has 1 N–H and O–H groups in total. The van der Waals surface area contributed by atoms with Crippen molar-refractivity contribution in [3.05, 3.63) is 64.4 Å². The molecule has 0 bridgehead atoms. The van der Waals surface area contributed by atoms with E-state index in [1.54, 1.807) is 6.33 Å². The number of halogens is 1. The van der Waals surface area contributed by atoms with E-state index in [1.807, 2.05) is 30.5 Å². The number of hydrogen-bond donors (Lipinski definition) is 1. The van der Waals surface area contributed by atoms with E-state index in [-0.39, 0.29) is 12.6 Å². The van der Waals surface area contributed by atoms with E-state index in [4.69, 9.17) is 16.3 Å². The Bertz CT molecular complexity index is 1030. The first-order valence-corrected chi connectivity index (χ1v) is 11.0. The van der Waals surface area contributed by atoms with E-state index < -0.39 is 6.09 Å². The molecule has 7 heteroatoms. The standard InChI is InChI=1S/C24H31ClN4O2/c1-17-6-5-7-20(12-17)8-9-28(4)15-19(3)27-24(30)31-11-10-29-16-26-22-13-18(2)21(25)14-23(22)29/h5-7,12-14,16,19H,8-11,15H2,1-4H3,(H,27,30). The Morgan fingerprint density at radius 3 is 2.87 bits per heavy atom. The van der Waals surface area contributed by atoms with Crippen molar-refractivity contribution in [3.8, 4) is 0 Å². The number of aromatic nitrogens is 2. The van der Waals surface area contributed by atoms with Crippen LogP contribution in [-0.2, 0) is 17.7 Å². The van der Waals surface area contributed by atoms with Crippen molar-refractivity contribution in [3.63, 3.8) is 0 Å². The molecule has 0 aliphatic heterocycles. The number of hydrogen-bond acceptors (Lipinski definition) is 4. The number of aryl methyl sites for hydroxylation is 2. The second kappa shape index (κ2) is 10.6. The van der Waals surface area contributed by atoms with Gasteiger partial charge in [0.2, 0.25) is 0 Å². The van der Waals surface area contributed by atoms with Crippen molar-refractivity contribution in [2.75, 3.05) is 26.7 Å². The third-order valence-corrected chi connectivity index (χ3v) is 5.69. The molecule has 0 radical (unpaired) electrons. The van der Waals surface area contributed by atoms with Crippen LogP contribution in [0.2, 0.25) is 5.02 Å². The number of carbonyl (C=O) groups excluding carboxylic acids is 1. The lowest BCUT2D eigenvalue weighted by Crippen LogP contribution is -2.41. The molecule has 0 fully saturated rings. The van der Waals surface area contributed by atoms with Gasteiger partial charge in [-0.1, -0.05) is 41.4 Å². The topological polar surface area (TPSA) is 59.4 Å². The van der Waals surface area contributed by atoms with Crippen molar-refractivity contribution in [2.24, 2.45) is 0 Å². The molecule has 3 rings (SSSR count). The highest BCUT2D eigenvalue weighted by Crippen LogP contribution is 2.22.